The molecule has 9 heteroatoms. The van der Waals surface area contributed by atoms with Crippen LogP contribution in [0.4, 0.5) is 18.9 Å². The van der Waals surface area contributed by atoms with Gasteiger partial charge in [0.25, 0.3) is 0 Å². The Morgan fingerprint density at radius 1 is 1.30 bits per heavy atom. The SMILES string of the molecule is O=C(NCC[NH+]1CCOCC1)[C@H]1CC(=O)N(c2cccc(C(F)(F)F)c2)C1. The van der Waals surface area contributed by atoms with Crippen molar-refractivity contribution >= 4 is 17.5 Å². The minimum atomic E-state index is -4.47. The molecule has 0 aliphatic carbocycles. The Balaban J connectivity index is 1.54. The highest BCUT2D eigenvalue weighted by Gasteiger charge is 2.36. The van der Waals surface area contributed by atoms with Gasteiger partial charge in [0.2, 0.25) is 11.8 Å². The number of carbonyl (C=O) groups excluding carboxylic acids is 2. The van der Waals surface area contributed by atoms with Crippen molar-refractivity contribution in [2.24, 2.45) is 5.92 Å². The summed E-state index contributed by atoms with van der Waals surface area (Å²) in [4.78, 5) is 27.2. The average Bonchev–Trinajstić information content (AvgIpc) is 3.04. The van der Waals surface area contributed by atoms with E-state index < -0.39 is 17.7 Å². The van der Waals surface area contributed by atoms with E-state index in [0.717, 1.165) is 31.8 Å². The minimum absolute atomic E-state index is 0.00644. The fourth-order valence-electron chi connectivity index (χ4n) is 3.40. The standard InChI is InChI=1S/C18H22F3N3O3/c19-18(20,21)14-2-1-3-15(11-14)24-12-13(10-16(24)25)17(26)22-4-5-23-6-8-27-9-7-23/h1-3,11,13H,4-10,12H2,(H,22,26)/p+1/t13-/m0/s1. The van der Waals surface area contributed by atoms with E-state index in [1.165, 1.54) is 21.9 Å². The van der Waals surface area contributed by atoms with Crippen LogP contribution in [0.5, 0.6) is 0 Å². The molecule has 6 nitrogen and oxygen atoms in total. The third-order valence-corrected chi connectivity index (χ3v) is 4.96. The average molecular weight is 386 g/mol. The summed E-state index contributed by atoms with van der Waals surface area (Å²) < 4.78 is 43.9. The molecular weight excluding hydrogens is 363 g/mol. The van der Waals surface area contributed by atoms with Crippen molar-refractivity contribution < 1.29 is 32.4 Å². The summed E-state index contributed by atoms with van der Waals surface area (Å²) in [6.45, 7) is 4.62. The van der Waals surface area contributed by atoms with Gasteiger partial charge in [-0.25, -0.2) is 0 Å². The van der Waals surface area contributed by atoms with E-state index in [9.17, 15) is 22.8 Å². The van der Waals surface area contributed by atoms with Crippen molar-refractivity contribution in [3.05, 3.63) is 29.8 Å². The highest BCUT2D eigenvalue weighted by atomic mass is 19.4. The molecule has 2 aliphatic rings. The second-order valence-corrected chi connectivity index (χ2v) is 6.86. The predicted molar refractivity (Wildman–Crippen MR) is 91.3 cm³/mol. The lowest BCUT2D eigenvalue weighted by molar-refractivity contribution is -0.906. The second kappa shape index (κ2) is 8.26. The first-order valence-corrected chi connectivity index (χ1v) is 9.01. The molecule has 3 rings (SSSR count). The molecule has 2 N–H and O–H groups in total. The Labute approximate surface area is 155 Å². The first-order valence-electron chi connectivity index (χ1n) is 9.01. The van der Waals surface area contributed by atoms with Gasteiger partial charge < -0.3 is 19.9 Å². The van der Waals surface area contributed by atoms with Crippen LogP contribution in [0.2, 0.25) is 0 Å². The Kier molecular flexibility index (Phi) is 6.01. The smallest absolute Gasteiger partial charge is 0.370 e. The number of ether oxygens (including phenoxy) is 1. The lowest BCUT2D eigenvalue weighted by Gasteiger charge is -2.24. The summed E-state index contributed by atoms with van der Waals surface area (Å²) >= 11 is 0. The number of hydrogen-bond acceptors (Lipinski definition) is 3. The Morgan fingerprint density at radius 3 is 2.74 bits per heavy atom. The molecule has 0 bridgehead atoms. The van der Waals surface area contributed by atoms with Crippen molar-refractivity contribution in [1.29, 1.82) is 0 Å². The summed E-state index contributed by atoms with van der Waals surface area (Å²) in [6.07, 6.45) is -4.47. The largest absolute Gasteiger partial charge is 0.416 e. The normalized spacial score (nSPS) is 21.5. The van der Waals surface area contributed by atoms with E-state index in [4.69, 9.17) is 4.74 Å². The Hall–Kier alpha value is -2.13. The van der Waals surface area contributed by atoms with Gasteiger partial charge in [0.1, 0.15) is 13.1 Å². The summed E-state index contributed by atoms with van der Waals surface area (Å²) in [5, 5.41) is 2.84. The van der Waals surface area contributed by atoms with Crippen molar-refractivity contribution in [3.63, 3.8) is 0 Å². The summed E-state index contributed by atoms with van der Waals surface area (Å²) in [6, 6.07) is 4.63. The molecule has 148 valence electrons. The number of benzene rings is 1. The summed E-state index contributed by atoms with van der Waals surface area (Å²) in [7, 11) is 0. The van der Waals surface area contributed by atoms with Gasteiger partial charge in [0.05, 0.1) is 37.8 Å². The van der Waals surface area contributed by atoms with Crippen LogP contribution in [0.3, 0.4) is 0 Å². The molecule has 0 aromatic heterocycles. The molecule has 0 spiro atoms. The Bertz CT molecular complexity index is 690. The van der Waals surface area contributed by atoms with E-state index in [0.29, 0.717) is 19.8 Å². The van der Waals surface area contributed by atoms with Crippen molar-refractivity contribution in [3.8, 4) is 0 Å². The predicted octanol–water partition coefficient (Wildman–Crippen LogP) is 0.0896. The quantitative estimate of drug-likeness (QED) is 0.754. The number of hydrogen-bond donors (Lipinski definition) is 2. The maximum Gasteiger partial charge on any atom is 0.416 e. The van der Waals surface area contributed by atoms with Crippen LogP contribution < -0.4 is 15.1 Å². The lowest BCUT2D eigenvalue weighted by Crippen LogP contribution is -3.14. The number of quaternary nitrogens is 1. The third kappa shape index (κ3) is 4.98. The van der Waals surface area contributed by atoms with Crippen LogP contribution in [0, 0.1) is 5.92 Å². The highest BCUT2D eigenvalue weighted by Crippen LogP contribution is 2.33. The number of rotatable bonds is 5. The molecule has 0 radical (unpaired) electrons. The van der Waals surface area contributed by atoms with Crippen LogP contribution in [0.1, 0.15) is 12.0 Å². The topological polar surface area (TPSA) is 63.1 Å². The van der Waals surface area contributed by atoms with Crippen molar-refractivity contribution in [2.75, 3.05) is 50.8 Å². The number of morpholine rings is 1. The van der Waals surface area contributed by atoms with Gasteiger partial charge in [-0.05, 0) is 18.2 Å². The van der Waals surface area contributed by atoms with E-state index in [2.05, 4.69) is 5.32 Å². The molecular formula is C18H23F3N3O3+. The third-order valence-electron chi connectivity index (χ3n) is 4.96. The van der Waals surface area contributed by atoms with Gasteiger partial charge in [-0.2, -0.15) is 13.2 Å². The fraction of sp³-hybridized carbons (Fsp3) is 0.556. The van der Waals surface area contributed by atoms with Gasteiger partial charge in [-0.1, -0.05) is 6.07 Å². The molecule has 2 heterocycles. The Morgan fingerprint density at radius 2 is 2.04 bits per heavy atom. The first-order chi connectivity index (χ1) is 12.8. The zero-order valence-corrected chi connectivity index (χ0v) is 14.8. The molecule has 2 aliphatic heterocycles. The minimum Gasteiger partial charge on any atom is -0.370 e. The zero-order valence-electron chi connectivity index (χ0n) is 14.8. The number of anilines is 1. The molecule has 0 unspecified atom stereocenters. The van der Waals surface area contributed by atoms with E-state index in [-0.39, 0.29) is 30.5 Å². The van der Waals surface area contributed by atoms with Gasteiger partial charge in [0, 0.05) is 18.7 Å². The fourth-order valence-corrected chi connectivity index (χ4v) is 3.40. The number of nitrogens with zero attached hydrogens (tertiary/aromatic N) is 1. The molecule has 0 saturated carbocycles. The summed E-state index contributed by atoms with van der Waals surface area (Å²) in [5.41, 5.74) is -0.642. The van der Waals surface area contributed by atoms with Gasteiger partial charge in [-0.3, -0.25) is 9.59 Å². The molecule has 1 aromatic carbocycles. The van der Waals surface area contributed by atoms with Gasteiger partial charge >= 0.3 is 6.18 Å². The zero-order chi connectivity index (χ0) is 19.4. The molecule has 1 aromatic rings. The molecule has 1 atom stereocenters. The van der Waals surface area contributed by atoms with Crippen molar-refractivity contribution in [2.45, 2.75) is 12.6 Å². The van der Waals surface area contributed by atoms with Gasteiger partial charge in [-0.15, -0.1) is 0 Å². The van der Waals surface area contributed by atoms with Crippen LogP contribution in [0.15, 0.2) is 24.3 Å². The van der Waals surface area contributed by atoms with Crippen molar-refractivity contribution in [1.82, 2.24) is 5.32 Å². The number of nitrogens with one attached hydrogen (secondary N) is 2. The van der Waals surface area contributed by atoms with Crippen LogP contribution >= 0.6 is 0 Å². The van der Waals surface area contributed by atoms with E-state index in [1.54, 1.807) is 0 Å². The van der Waals surface area contributed by atoms with E-state index >= 15 is 0 Å². The van der Waals surface area contributed by atoms with E-state index in [1.807, 2.05) is 0 Å². The second-order valence-electron chi connectivity index (χ2n) is 6.86. The van der Waals surface area contributed by atoms with Crippen LogP contribution in [-0.2, 0) is 20.5 Å². The molecule has 2 saturated heterocycles. The number of amides is 2. The molecule has 27 heavy (non-hydrogen) atoms. The lowest BCUT2D eigenvalue weighted by atomic mass is 10.1. The van der Waals surface area contributed by atoms with Gasteiger partial charge in [0.15, 0.2) is 0 Å². The highest BCUT2D eigenvalue weighted by molar-refractivity contribution is 6.00. The summed E-state index contributed by atoms with van der Waals surface area (Å²) in [5.74, 6) is -1.12. The first kappa shape index (κ1) is 19.6. The maximum absolute atomic E-state index is 12.9. The monoisotopic (exact) mass is 386 g/mol. The molecule has 2 fully saturated rings. The number of halogens is 3. The number of carbonyl (C=O) groups is 2. The number of alkyl halides is 3. The maximum atomic E-state index is 12.9. The van der Waals surface area contributed by atoms with Crippen LogP contribution in [-0.4, -0.2) is 57.8 Å². The van der Waals surface area contributed by atoms with Crippen LogP contribution in [0.25, 0.3) is 0 Å². The molecule has 2 amide bonds.